The van der Waals surface area contributed by atoms with E-state index in [1.807, 2.05) is 13.0 Å². The van der Waals surface area contributed by atoms with Crippen LogP contribution in [0.5, 0.6) is 0 Å². The van der Waals surface area contributed by atoms with Crippen LogP contribution in [0.2, 0.25) is 0 Å². The van der Waals surface area contributed by atoms with E-state index in [0.29, 0.717) is 5.69 Å². The Kier molecular flexibility index (Phi) is 7.28. The lowest BCUT2D eigenvalue weighted by Gasteiger charge is -2.07. The highest BCUT2D eigenvalue weighted by Crippen LogP contribution is 2.27. The van der Waals surface area contributed by atoms with E-state index >= 15 is 0 Å². The van der Waals surface area contributed by atoms with Gasteiger partial charge in [0, 0.05) is 25.0 Å². The van der Waals surface area contributed by atoms with E-state index in [9.17, 15) is 10.1 Å². The van der Waals surface area contributed by atoms with Gasteiger partial charge in [-0.05, 0) is 30.2 Å². The van der Waals surface area contributed by atoms with Crippen LogP contribution in [0, 0.1) is 10.1 Å². The number of nitrogens with zero attached hydrogens (tertiary/aromatic N) is 1. The van der Waals surface area contributed by atoms with Crippen LogP contribution >= 0.6 is 11.8 Å². The normalized spacial score (nSPS) is 10.4. The fourth-order valence-electron chi connectivity index (χ4n) is 1.58. The summed E-state index contributed by atoms with van der Waals surface area (Å²) >= 11 is 1.67. The molecule has 0 radical (unpaired) electrons. The molecule has 1 rings (SSSR count). The number of benzene rings is 1. The van der Waals surface area contributed by atoms with Gasteiger partial charge in [-0.15, -0.1) is 0 Å². The highest BCUT2D eigenvalue weighted by atomic mass is 32.2. The monoisotopic (exact) mass is 284 g/mol. The minimum Gasteiger partial charge on any atom is -0.396 e. The number of nitro groups is 1. The van der Waals surface area contributed by atoms with Crippen LogP contribution in [0.15, 0.2) is 18.2 Å². The van der Waals surface area contributed by atoms with Crippen molar-refractivity contribution < 1.29 is 10.0 Å². The second-order valence-electron chi connectivity index (χ2n) is 4.17. The molecule has 0 fully saturated rings. The Morgan fingerprint density at radius 3 is 2.89 bits per heavy atom. The first-order chi connectivity index (χ1) is 9.19. The van der Waals surface area contributed by atoms with Crippen LogP contribution in [0.3, 0.4) is 0 Å². The van der Waals surface area contributed by atoms with Crippen LogP contribution in [-0.4, -0.2) is 28.9 Å². The highest BCUT2D eigenvalue weighted by molar-refractivity contribution is 7.98. The Hall–Kier alpha value is -1.27. The molecule has 0 heterocycles. The lowest BCUT2D eigenvalue weighted by molar-refractivity contribution is -0.384. The lowest BCUT2D eigenvalue weighted by Crippen LogP contribution is -2.03. The number of aliphatic hydroxyl groups is 1. The summed E-state index contributed by atoms with van der Waals surface area (Å²) in [5, 5.41) is 22.8. The molecule has 2 N–H and O–H groups in total. The van der Waals surface area contributed by atoms with Gasteiger partial charge in [-0.25, -0.2) is 0 Å². The maximum Gasteiger partial charge on any atom is 0.292 e. The summed E-state index contributed by atoms with van der Waals surface area (Å²) in [6, 6.07) is 5.32. The summed E-state index contributed by atoms with van der Waals surface area (Å²) in [4.78, 5) is 10.7. The molecule has 0 aromatic heterocycles. The van der Waals surface area contributed by atoms with Crippen molar-refractivity contribution in [3.05, 3.63) is 33.9 Å². The Morgan fingerprint density at radius 2 is 2.26 bits per heavy atom. The molecule has 6 heteroatoms. The molecular formula is C13H20N2O3S. The molecule has 0 amide bonds. The number of anilines is 1. The zero-order valence-corrected chi connectivity index (χ0v) is 11.9. The van der Waals surface area contributed by atoms with Crippen molar-refractivity contribution in [2.75, 3.05) is 24.2 Å². The fraction of sp³-hybridized carbons (Fsp3) is 0.538. The number of nitro benzene ring substituents is 1. The van der Waals surface area contributed by atoms with Crippen molar-refractivity contribution >= 4 is 23.1 Å². The highest BCUT2D eigenvalue weighted by Gasteiger charge is 2.13. The van der Waals surface area contributed by atoms with Crippen LogP contribution in [0.25, 0.3) is 0 Å². The predicted molar refractivity (Wildman–Crippen MR) is 79.7 cm³/mol. The van der Waals surface area contributed by atoms with Crippen molar-refractivity contribution in [3.63, 3.8) is 0 Å². The number of thioether (sulfide) groups is 1. The fourth-order valence-corrected chi connectivity index (χ4v) is 2.48. The van der Waals surface area contributed by atoms with Gasteiger partial charge in [-0.3, -0.25) is 10.1 Å². The molecule has 1 aromatic rings. The zero-order valence-electron chi connectivity index (χ0n) is 11.1. The number of rotatable bonds is 9. The number of nitrogens with one attached hydrogen (secondary N) is 1. The molecule has 1 aromatic carbocycles. The second kappa shape index (κ2) is 8.77. The van der Waals surface area contributed by atoms with E-state index in [4.69, 9.17) is 5.11 Å². The van der Waals surface area contributed by atoms with Gasteiger partial charge in [-0.1, -0.05) is 13.0 Å². The Bertz CT molecular complexity index is 413. The minimum absolute atomic E-state index is 0.133. The number of aliphatic hydroxyl groups excluding tert-OH is 1. The van der Waals surface area contributed by atoms with Gasteiger partial charge >= 0.3 is 0 Å². The third-order valence-corrected chi connectivity index (χ3v) is 3.65. The molecule has 0 bridgehead atoms. The van der Waals surface area contributed by atoms with E-state index in [-0.39, 0.29) is 17.2 Å². The smallest absolute Gasteiger partial charge is 0.292 e. The summed E-state index contributed by atoms with van der Waals surface area (Å²) in [6.45, 7) is 2.93. The molecule has 5 nitrogen and oxygen atoms in total. The van der Waals surface area contributed by atoms with Gasteiger partial charge in [0.15, 0.2) is 0 Å². The summed E-state index contributed by atoms with van der Waals surface area (Å²) in [5.74, 6) is 1.59. The van der Waals surface area contributed by atoms with Crippen molar-refractivity contribution in [2.24, 2.45) is 0 Å². The molecule has 106 valence electrons. The number of hydrogen-bond donors (Lipinski definition) is 2. The second-order valence-corrected chi connectivity index (χ2v) is 5.27. The Morgan fingerprint density at radius 1 is 1.47 bits per heavy atom. The Balaban J connectivity index is 2.69. The SMILES string of the molecule is CCCNc1ccc(CSCCCO)cc1[N+](=O)[O-]. The average molecular weight is 284 g/mol. The summed E-state index contributed by atoms with van der Waals surface area (Å²) in [7, 11) is 0. The van der Waals surface area contributed by atoms with E-state index in [0.717, 1.165) is 36.5 Å². The quantitative estimate of drug-likeness (QED) is 0.414. The van der Waals surface area contributed by atoms with E-state index < -0.39 is 0 Å². The molecule has 0 aliphatic rings. The molecule has 0 unspecified atom stereocenters. The van der Waals surface area contributed by atoms with E-state index in [1.54, 1.807) is 23.9 Å². The lowest BCUT2D eigenvalue weighted by atomic mass is 10.2. The van der Waals surface area contributed by atoms with Crippen LogP contribution in [0.4, 0.5) is 11.4 Å². The molecule has 19 heavy (non-hydrogen) atoms. The third kappa shape index (κ3) is 5.48. The maximum absolute atomic E-state index is 11.0. The first-order valence-corrected chi connectivity index (χ1v) is 7.54. The van der Waals surface area contributed by atoms with Gasteiger partial charge in [0.2, 0.25) is 0 Å². The number of hydrogen-bond acceptors (Lipinski definition) is 5. The van der Waals surface area contributed by atoms with E-state index in [1.165, 1.54) is 0 Å². The molecule has 0 aliphatic carbocycles. The molecule has 0 aliphatic heterocycles. The van der Waals surface area contributed by atoms with Gasteiger partial charge < -0.3 is 10.4 Å². The van der Waals surface area contributed by atoms with Gasteiger partial charge in [0.1, 0.15) is 5.69 Å². The minimum atomic E-state index is -0.347. The maximum atomic E-state index is 11.0. The average Bonchev–Trinajstić information content (AvgIpc) is 2.41. The van der Waals surface area contributed by atoms with Crippen molar-refractivity contribution in [1.29, 1.82) is 0 Å². The van der Waals surface area contributed by atoms with Crippen LogP contribution in [0.1, 0.15) is 25.3 Å². The third-order valence-electron chi connectivity index (χ3n) is 2.54. The standard InChI is InChI=1S/C13H20N2O3S/c1-2-6-14-12-5-4-11(9-13(12)15(17)18)10-19-8-3-7-16/h4-5,9,14,16H,2-3,6-8,10H2,1H3. The van der Waals surface area contributed by atoms with Gasteiger partial charge in [0.25, 0.3) is 5.69 Å². The zero-order chi connectivity index (χ0) is 14.1. The van der Waals surface area contributed by atoms with E-state index in [2.05, 4.69) is 5.32 Å². The summed E-state index contributed by atoms with van der Waals surface area (Å²) in [6.07, 6.45) is 1.68. The predicted octanol–water partition coefficient (Wildman–Crippen LogP) is 3.03. The van der Waals surface area contributed by atoms with Crippen molar-refractivity contribution in [1.82, 2.24) is 0 Å². The first kappa shape index (κ1) is 15.8. The summed E-state index contributed by atoms with van der Waals surface area (Å²) in [5.41, 5.74) is 1.65. The van der Waals surface area contributed by atoms with Crippen LogP contribution in [-0.2, 0) is 5.75 Å². The topological polar surface area (TPSA) is 75.4 Å². The Labute approximate surface area is 117 Å². The molecule has 0 saturated heterocycles. The van der Waals surface area contributed by atoms with Gasteiger partial charge in [0.05, 0.1) is 4.92 Å². The molecular weight excluding hydrogens is 264 g/mol. The van der Waals surface area contributed by atoms with Crippen LogP contribution < -0.4 is 5.32 Å². The summed E-state index contributed by atoms with van der Waals surface area (Å²) < 4.78 is 0. The van der Waals surface area contributed by atoms with Gasteiger partial charge in [-0.2, -0.15) is 11.8 Å². The molecule has 0 spiro atoms. The molecule has 0 atom stereocenters. The largest absolute Gasteiger partial charge is 0.396 e. The van der Waals surface area contributed by atoms with Crippen molar-refractivity contribution in [2.45, 2.75) is 25.5 Å². The van der Waals surface area contributed by atoms with Crippen molar-refractivity contribution in [3.8, 4) is 0 Å². The molecule has 0 saturated carbocycles. The first-order valence-electron chi connectivity index (χ1n) is 6.38.